The molecule has 106 valence electrons. The van der Waals surface area contributed by atoms with Crippen LogP contribution < -0.4 is 10.6 Å². The summed E-state index contributed by atoms with van der Waals surface area (Å²) < 4.78 is 1.58. The van der Waals surface area contributed by atoms with E-state index in [1.807, 2.05) is 0 Å². The summed E-state index contributed by atoms with van der Waals surface area (Å²) in [4.78, 5) is 15.6. The molecular formula is C12H21N5O2. The maximum Gasteiger partial charge on any atom is 0.315 e. The number of hydrogen-bond acceptors (Lipinski definition) is 4. The molecule has 0 spiro atoms. The van der Waals surface area contributed by atoms with Crippen molar-refractivity contribution < 1.29 is 9.90 Å². The van der Waals surface area contributed by atoms with Crippen molar-refractivity contribution in [2.75, 3.05) is 6.54 Å². The first-order valence-electron chi connectivity index (χ1n) is 6.66. The van der Waals surface area contributed by atoms with E-state index in [0.717, 1.165) is 25.7 Å². The van der Waals surface area contributed by atoms with E-state index in [9.17, 15) is 9.90 Å². The van der Waals surface area contributed by atoms with Gasteiger partial charge >= 0.3 is 6.03 Å². The molecule has 1 fully saturated rings. The molecule has 19 heavy (non-hydrogen) atoms. The lowest BCUT2D eigenvalue weighted by Gasteiger charge is -2.32. The number of aryl methyl sites for hydroxylation is 1. The van der Waals surface area contributed by atoms with Crippen LogP contribution in [-0.2, 0) is 13.6 Å². The van der Waals surface area contributed by atoms with Gasteiger partial charge in [-0.15, -0.1) is 0 Å². The van der Waals surface area contributed by atoms with Gasteiger partial charge in [-0.1, -0.05) is 19.3 Å². The lowest BCUT2D eigenvalue weighted by Crippen LogP contribution is -2.47. The molecule has 1 aliphatic rings. The molecule has 0 saturated heterocycles. The van der Waals surface area contributed by atoms with Gasteiger partial charge in [-0.25, -0.2) is 9.78 Å². The topological polar surface area (TPSA) is 92.1 Å². The highest BCUT2D eigenvalue weighted by Gasteiger charge is 2.29. The Hall–Kier alpha value is -1.63. The first kappa shape index (κ1) is 13.8. The third-order valence-electron chi connectivity index (χ3n) is 3.42. The fourth-order valence-electron chi connectivity index (χ4n) is 2.32. The molecule has 1 aliphatic carbocycles. The number of carbonyl (C=O) groups is 1. The summed E-state index contributed by atoms with van der Waals surface area (Å²) in [5, 5.41) is 19.7. The van der Waals surface area contributed by atoms with E-state index in [1.54, 1.807) is 18.1 Å². The number of nitrogens with zero attached hydrogens (tertiary/aromatic N) is 3. The third-order valence-corrected chi connectivity index (χ3v) is 3.42. The van der Waals surface area contributed by atoms with Crippen molar-refractivity contribution in [1.82, 2.24) is 25.4 Å². The number of nitrogens with one attached hydrogen (secondary N) is 2. The van der Waals surface area contributed by atoms with Gasteiger partial charge in [-0.05, 0) is 12.8 Å². The van der Waals surface area contributed by atoms with E-state index >= 15 is 0 Å². The molecule has 1 saturated carbocycles. The van der Waals surface area contributed by atoms with E-state index < -0.39 is 5.60 Å². The van der Waals surface area contributed by atoms with Crippen molar-refractivity contribution in [3.05, 3.63) is 12.2 Å². The number of urea groups is 1. The maximum atomic E-state index is 11.6. The van der Waals surface area contributed by atoms with Crippen LogP contribution in [0, 0.1) is 0 Å². The predicted octanol–water partition coefficient (Wildman–Crippen LogP) is 0.309. The van der Waals surface area contributed by atoms with Gasteiger partial charge in [0.25, 0.3) is 0 Å². The van der Waals surface area contributed by atoms with Crippen molar-refractivity contribution >= 4 is 6.03 Å². The van der Waals surface area contributed by atoms with Gasteiger partial charge in [0.15, 0.2) is 5.82 Å². The molecule has 0 radical (unpaired) electrons. The number of aromatic nitrogens is 3. The van der Waals surface area contributed by atoms with Gasteiger partial charge in [-0.3, -0.25) is 4.68 Å². The molecule has 0 aromatic carbocycles. The second-order valence-corrected chi connectivity index (χ2v) is 5.16. The monoisotopic (exact) mass is 267 g/mol. The molecule has 2 amide bonds. The average molecular weight is 267 g/mol. The molecule has 0 bridgehead atoms. The first-order valence-corrected chi connectivity index (χ1v) is 6.66. The Labute approximate surface area is 112 Å². The molecule has 1 aromatic rings. The molecule has 7 nitrogen and oxygen atoms in total. The lowest BCUT2D eigenvalue weighted by atomic mass is 9.85. The summed E-state index contributed by atoms with van der Waals surface area (Å²) in [6.07, 6.45) is 6.32. The quantitative estimate of drug-likeness (QED) is 0.732. The minimum absolute atomic E-state index is 0.283. The van der Waals surface area contributed by atoms with Gasteiger partial charge < -0.3 is 15.7 Å². The standard InChI is InChI=1S/C12H21N5O2/c1-17-9-15-10(16-17)7-13-11(18)14-8-12(19)5-3-2-4-6-12/h9,19H,2-8H2,1H3,(H2,13,14,18). The highest BCUT2D eigenvalue weighted by molar-refractivity contribution is 5.73. The van der Waals surface area contributed by atoms with Crippen molar-refractivity contribution in [2.24, 2.45) is 7.05 Å². The van der Waals surface area contributed by atoms with Gasteiger partial charge in [-0.2, -0.15) is 5.10 Å². The zero-order valence-electron chi connectivity index (χ0n) is 11.2. The minimum atomic E-state index is -0.737. The summed E-state index contributed by atoms with van der Waals surface area (Å²) in [6, 6.07) is -0.300. The van der Waals surface area contributed by atoms with E-state index in [-0.39, 0.29) is 12.6 Å². The fourth-order valence-corrected chi connectivity index (χ4v) is 2.32. The molecule has 0 aliphatic heterocycles. The van der Waals surface area contributed by atoms with E-state index in [0.29, 0.717) is 12.4 Å². The molecule has 3 N–H and O–H groups in total. The SMILES string of the molecule is Cn1cnc(CNC(=O)NCC2(O)CCCCC2)n1. The van der Waals surface area contributed by atoms with Crippen LogP contribution in [0.5, 0.6) is 0 Å². The second kappa shape index (κ2) is 6.01. The summed E-state index contributed by atoms with van der Waals surface area (Å²) in [5.41, 5.74) is -0.737. The van der Waals surface area contributed by atoms with Crippen LogP contribution in [-0.4, -0.2) is 38.0 Å². The van der Waals surface area contributed by atoms with Gasteiger partial charge in [0, 0.05) is 13.6 Å². The summed E-state index contributed by atoms with van der Waals surface area (Å²) >= 11 is 0. The fraction of sp³-hybridized carbons (Fsp3) is 0.750. The molecular weight excluding hydrogens is 246 g/mol. The Morgan fingerprint density at radius 3 is 2.79 bits per heavy atom. The maximum absolute atomic E-state index is 11.6. The molecule has 1 heterocycles. The Morgan fingerprint density at radius 2 is 2.16 bits per heavy atom. The van der Waals surface area contributed by atoms with Crippen molar-refractivity contribution in [3.63, 3.8) is 0 Å². The second-order valence-electron chi connectivity index (χ2n) is 5.16. The van der Waals surface area contributed by atoms with Crippen LogP contribution in [0.2, 0.25) is 0 Å². The summed E-state index contributed by atoms with van der Waals surface area (Å²) in [6.45, 7) is 0.583. The number of amides is 2. The van der Waals surface area contributed by atoms with Crippen LogP contribution in [0.1, 0.15) is 37.9 Å². The molecule has 7 heteroatoms. The van der Waals surface area contributed by atoms with Gasteiger partial charge in [0.05, 0.1) is 12.1 Å². The largest absolute Gasteiger partial charge is 0.388 e. The van der Waals surface area contributed by atoms with E-state index in [2.05, 4.69) is 20.7 Å². The predicted molar refractivity (Wildman–Crippen MR) is 69.3 cm³/mol. The van der Waals surface area contributed by atoms with Crippen LogP contribution in [0.4, 0.5) is 4.79 Å². The molecule has 0 atom stereocenters. The summed E-state index contributed by atoms with van der Waals surface area (Å²) in [5.74, 6) is 0.564. The Balaban J connectivity index is 1.69. The van der Waals surface area contributed by atoms with Crippen LogP contribution in [0.15, 0.2) is 6.33 Å². The first-order chi connectivity index (χ1) is 9.07. The number of carbonyl (C=O) groups excluding carboxylic acids is 1. The molecule has 0 unspecified atom stereocenters. The minimum Gasteiger partial charge on any atom is -0.388 e. The van der Waals surface area contributed by atoms with Crippen LogP contribution >= 0.6 is 0 Å². The average Bonchev–Trinajstić information content (AvgIpc) is 2.81. The Bertz CT molecular complexity index is 426. The van der Waals surface area contributed by atoms with Crippen LogP contribution in [0.3, 0.4) is 0 Å². The Morgan fingerprint density at radius 1 is 1.42 bits per heavy atom. The zero-order valence-corrected chi connectivity index (χ0v) is 11.2. The smallest absolute Gasteiger partial charge is 0.315 e. The lowest BCUT2D eigenvalue weighted by molar-refractivity contribution is 0.00719. The van der Waals surface area contributed by atoms with Gasteiger partial charge in [0.1, 0.15) is 6.33 Å². The number of aliphatic hydroxyl groups is 1. The van der Waals surface area contributed by atoms with Gasteiger partial charge in [0.2, 0.25) is 0 Å². The van der Waals surface area contributed by atoms with E-state index in [4.69, 9.17) is 0 Å². The normalized spacial score (nSPS) is 18.0. The highest BCUT2D eigenvalue weighted by Crippen LogP contribution is 2.27. The number of rotatable bonds is 4. The van der Waals surface area contributed by atoms with Crippen molar-refractivity contribution in [2.45, 2.75) is 44.2 Å². The third kappa shape index (κ3) is 4.20. The van der Waals surface area contributed by atoms with E-state index in [1.165, 1.54) is 6.42 Å². The van der Waals surface area contributed by atoms with Crippen molar-refractivity contribution in [1.29, 1.82) is 0 Å². The number of hydrogen-bond donors (Lipinski definition) is 3. The Kier molecular flexibility index (Phi) is 4.36. The molecule has 2 rings (SSSR count). The molecule has 1 aromatic heterocycles. The highest BCUT2D eigenvalue weighted by atomic mass is 16.3. The van der Waals surface area contributed by atoms with Crippen LogP contribution in [0.25, 0.3) is 0 Å². The zero-order chi connectivity index (χ0) is 13.7. The van der Waals surface area contributed by atoms with Crippen molar-refractivity contribution in [3.8, 4) is 0 Å². The summed E-state index contributed by atoms with van der Waals surface area (Å²) in [7, 11) is 1.77.